The lowest BCUT2D eigenvalue weighted by Gasteiger charge is -2.13. The van der Waals surface area contributed by atoms with Gasteiger partial charge in [-0.3, -0.25) is 9.59 Å². The highest BCUT2D eigenvalue weighted by Crippen LogP contribution is 2.17. The van der Waals surface area contributed by atoms with Crippen molar-refractivity contribution < 1.29 is 19.5 Å². The van der Waals surface area contributed by atoms with Crippen molar-refractivity contribution in [3.63, 3.8) is 0 Å². The Morgan fingerprint density at radius 1 is 0.957 bits per heavy atom. The van der Waals surface area contributed by atoms with Gasteiger partial charge < -0.3 is 10.4 Å². The molecule has 6 heteroatoms. The molecule has 0 heterocycles. The third-order valence-corrected chi connectivity index (χ3v) is 3.96. The Balaban J connectivity index is 1.97. The van der Waals surface area contributed by atoms with Gasteiger partial charge in [0.05, 0.1) is 6.42 Å². The summed E-state index contributed by atoms with van der Waals surface area (Å²) in [4.78, 5) is 35.3. The van der Waals surface area contributed by atoms with Crippen LogP contribution in [-0.2, 0) is 16.0 Å². The summed E-state index contributed by atoms with van der Waals surface area (Å²) in [5.41, 5.74) is 1.16. The molecule has 5 nitrogen and oxygen atoms in total. The summed E-state index contributed by atoms with van der Waals surface area (Å²) in [5.74, 6) is -1.71. The molecular formula is C17H15NO4S. The van der Waals surface area contributed by atoms with Crippen molar-refractivity contribution in [3.05, 3.63) is 71.8 Å². The Kier molecular flexibility index (Phi) is 5.94. The lowest BCUT2D eigenvalue weighted by Crippen LogP contribution is -2.40. The first kappa shape index (κ1) is 16.8. The van der Waals surface area contributed by atoms with Crippen LogP contribution < -0.4 is 5.32 Å². The van der Waals surface area contributed by atoms with E-state index in [1.807, 2.05) is 6.07 Å². The second kappa shape index (κ2) is 8.14. The van der Waals surface area contributed by atoms with Crippen LogP contribution in [0.2, 0.25) is 0 Å². The quantitative estimate of drug-likeness (QED) is 0.795. The highest BCUT2D eigenvalue weighted by molar-refractivity contribution is 8.15. The Morgan fingerprint density at radius 2 is 1.52 bits per heavy atom. The molecule has 0 bridgehead atoms. The van der Waals surface area contributed by atoms with E-state index in [2.05, 4.69) is 5.32 Å². The van der Waals surface area contributed by atoms with Crippen molar-refractivity contribution in [1.29, 1.82) is 0 Å². The Hall–Kier alpha value is -2.60. The number of hydrogen-bond acceptors (Lipinski definition) is 4. The van der Waals surface area contributed by atoms with Gasteiger partial charge in [-0.05, 0) is 17.3 Å². The molecule has 1 unspecified atom stereocenters. The van der Waals surface area contributed by atoms with Crippen LogP contribution >= 0.6 is 11.8 Å². The number of amides is 1. The van der Waals surface area contributed by atoms with Crippen molar-refractivity contribution in [3.8, 4) is 0 Å². The van der Waals surface area contributed by atoms with Gasteiger partial charge in [0.25, 0.3) is 0 Å². The van der Waals surface area contributed by atoms with Gasteiger partial charge in [-0.25, -0.2) is 4.79 Å². The third kappa shape index (κ3) is 5.27. The van der Waals surface area contributed by atoms with E-state index < -0.39 is 22.4 Å². The predicted octanol–water partition coefficient (Wildman–Crippen LogP) is 2.33. The van der Waals surface area contributed by atoms with Crippen LogP contribution in [0, 0.1) is 0 Å². The molecule has 0 fully saturated rings. The number of carboxylic acids is 1. The van der Waals surface area contributed by atoms with E-state index in [0.717, 1.165) is 5.56 Å². The van der Waals surface area contributed by atoms with Crippen molar-refractivity contribution in [2.45, 2.75) is 11.8 Å². The Bertz CT molecular complexity index is 688. The molecule has 1 atom stereocenters. The standard InChI is InChI=1S/C17H15NO4S/c19-14(11-12-7-3-1-4-8-12)18-15(16(20)21)23-17(22)13-9-5-2-6-10-13/h1-10,15H,11H2,(H,18,19)(H,20,21). The highest BCUT2D eigenvalue weighted by Gasteiger charge is 2.24. The van der Waals surface area contributed by atoms with Gasteiger partial charge in [-0.2, -0.15) is 0 Å². The molecule has 0 radical (unpaired) electrons. The largest absolute Gasteiger partial charge is 0.479 e. The van der Waals surface area contributed by atoms with E-state index in [9.17, 15) is 19.5 Å². The molecule has 0 aliphatic heterocycles. The molecular weight excluding hydrogens is 314 g/mol. The fourth-order valence-corrected chi connectivity index (χ4v) is 2.65. The molecule has 1 amide bonds. The molecule has 0 saturated carbocycles. The Labute approximate surface area is 137 Å². The van der Waals surface area contributed by atoms with Crippen LogP contribution in [0.4, 0.5) is 0 Å². The van der Waals surface area contributed by atoms with Gasteiger partial charge in [0.15, 0.2) is 5.37 Å². The maximum atomic E-state index is 12.0. The number of aliphatic carboxylic acids is 1. The number of benzene rings is 2. The van der Waals surface area contributed by atoms with E-state index in [1.165, 1.54) is 0 Å². The van der Waals surface area contributed by atoms with E-state index in [0.29, 0.717) is 17.3 Å². The first-order valence-corrected chi connectivity index (χ1v) is 7.76. The predicted molar refractivity (Wildman–Crippen MR) is 88.1 cm³/mol. The van der Waals surface area contributed by atoms with Crippen LogP contribution in [0.3, 0.4) is 0 Å². The zero-order chi connectivity index (χ0) is 16.7. The van der Waals surface area contributed by atoms with Gasteiger partial charge in [-0.1, -0.05) is 60.7 Å². The molecule has 0 aliphatic carbocycles. The summed E-state index contributed by atoms with van der Waals surface area (Å²) in [6.45, 7) is 0. The molecule has 0 aliphatic rings. The molecule has 2 aromatic carbocycles. The van der Waals surface area contributed by atoms with Crippen molar-refractivity contribution in [2.75, 3.05) is 0 Å². The van der Waals surface area contributed by atoms with Gasteiger partial charge >= 0.3 is 5.97 Å². The molecule has 2 N–H and O–H groups in total. The van der Waals surface area contributed by atoms with Crippen LogP contribution in [0.5, 0.6) is 0 Å². The fourth-order valence-electron chi connectivity index (χ4n) is 1.87. The van der Waals surface area contributed by atoms with Gasteiger partial charge in [0.2, 0.25) is 11.0 Å². The van der Waals surface area contributed by atoms with Crippen molar-refractivity contribution in [2.24, 2.45) is 0 Å². The Morgan fingerprint density at radius 3 is 2.09 bits per heavy atom. The number of carboxylic acid groups (broad SMARTS) is 1. The zero-order valence-electron chi connectivity index (χ0n) is 12.1. The summed E-state index contributed by atoms with van der Waals surface area (Å²) in [5, 5.41) is 9.84. The normalized spacial score (nSPS) is 11.5. The van der Waals surface area contributed by atoms with Crippen LogP contribution in [-0.4, -0.2) is 27.5 Å². The molecule has 2 rings (SSSR count). The minimum absolute atomic E-state index is 0.0602. The van der Waals surface area contributed by atoms with Crippen molar-refractivity contribution >= 4 is 28.8 Å². The maximum Gasteiger partial charge on any atom is 0.337 e. The molecule has 0 saturated heterocycles. The van der Waals surface area contributed by atoms with E-state index >= 15 is 0 Å². The first-order valence-electron chi connectivity index (χ1n) is 6.88. The van der Waals surface area contributed by atoms with Crippen LogP contribution in [0.25, 0.3) is 0 Å². The maximum absolute atomic E-state index is 12.0. The molecule has 23 heavy (non-hydrogen) atoms. The average Bonchev–Trinajstić information content (AvgIpc) is 2.55. The summed E-state index contributed by atoms with van der Waals surface area (Å²) in [7, 11) is 0. The summed E-state index contributed by atoms with van der Waals surface area (Å²) in [6.07, 6.45) is 0.0602. The van der Waals surface area contributed by atoms with E-state index in [-0.39, 0.29) is 6.42 Å². The zero-order valence-corrected chi connectivity index (χ0v) is 13.0. The van der Waals surface area contributed by atoms with E-state index in [1.54, 1.807) is 54.6 Å². The van der Waals surface area contributed by atoms with Crippen LogP contribution in [0.15, 0.2) is 60.7 Å². The SMILES string of the molecule is O=C(Cc1ccccc1)NC(SC(=O)c1ccccc1)C(=O)O. The molecule has 2 aromatic rings. The van der Waals surface area contributed by atoms with Crippen molar-refractivity contribution in [1.82, 2.24) is 5.32 Å². The number of carbonyl (C=O) groups is 3. The fraction of sp³-hybridized carbons (Fsp3) is 0.118. The minimum Gasteiger partial charge on any atom is -0.479 e. The second-order valence-electron chi connectivity index (χ2n) is 4.72. The monoisotopic (exact) mass is 329 g/mol. The summed E-state index contributed by atoms with van der Waals surface area (Å²) < 4.78 is 0. The first-order chi connectivity index (χ1) is 11.1. The number of thioether (sulfide) groups is 1. The summed E-state index contributed by atoms with van der Waals surface area (Å²) >= 11 is 0.574. The van der Waals surface area contributed by atoms with E-state index in [4.69, 9.17) is 0 Å². The number of hydrogen-bond donors (Lipinski definition) is 2. The van der Waals surface area contributed by atoms with Gasteiger partial charge in [0.1, 0.15) is 0 Å². The smallest absolute Gasteiger partial charge is 0.337 e. The lowest BCUT2D eigenvalue weighted by molar-refractivity contribution is -0.139. The number of nitrogens with one attached hydrogen (secondary N) is 1. The minimum atomic E-state index is -1.32. The second-order valence-corrected chi connectivity index (χ2v) is 5.80. The van der Waals surface area contributed by atoms with Gasteiger partial charge in [-0.15, -0.1) is 0 Å². The third-order valence-electron chi connectivity index (χ3n) is 2.96. The molecule has 118 valence electrons. The lowest BCUT2D eigenvalue weighted by atomic mass is 10.1. The number of carbonyl (C=O) groups excluding carboxylic acids is 2. The highest BCUT2D eigenvalue weighted by atomic mass is 32.2. The van der Waals surface area contributed by atoms with Crippen LogP contribution in [0.1, 0.15) is 15.9 Å². The topological polar surface area (TPSA) is 83.5 Å². The van der Waals surface area contributed by atoms with Gasteiger partial charge in [0, 0.05) is 5.56 Å². The number of rotatable bonds is 6. The molecule has 0 spiro atoms. The molecule has 0 aromatic heterocycles. The summed E-state index contributed by atoms with van der Waals surface area (Å²) in [6, 6.07) is 17.3. The average molecular weight is 329 g/mol.